The van der Waals surface area contributed by atoms with E-state index in [1.807, 2.05) is 0 Å². The molecule has 1 aromatic rings. The molecule has 2 nitrogen and oxygen atoms in total. The molecule has 1 rings (SSSR count). The zero-order valence-corrected chi connectivity index (χ0v) is 8.47. The minimum absolute atomic E-state index is 0. The molecule has 0 radical (unpaired) electrons. The second-order valence-electron chi connectivity index (χ2n) is 1.56. The Balaban J connectivity index is 0.000000810. The maximum atomic E-state index is 10.3. The molecule has 1 N–H and O–H groups in total. The fraction of sp³-hybridized carbons (Fsp3) is 0. The van der Waals surface area contributed by atoms with Gasteiger partial charge in [-0.25, -0.2) is 4.21 Å². The van der Waals surface area contributed by atoms with Crippen LogP contribution in [0.2, 0.25) is 0 Å². The van der Waals surface area contributed by atoms with Crippen molar-refractivity contribution in [3.63, 3.8) is 0 Å². The van der Waals surface area contributed by atoms with Crippen LogP contribution >= 0.6 is 0 Å². The third-order valence-electron chi connectivity index (χ3n) is 0.945. The van der Waals surface area contributed by atoms with Crippen LogP contribution in [0, 0.1) is 0 Å². The number of hydrogen-bond acceptors (Lipinski definition) is 1. The van der Waals surface area contributed by atoms with Crippen molar-refractivity contribution >= 4 is 11.1 Å². The van der Waals surface area contributed by atoms with Gasteiger partial charge in [0.25, 0.3) is 0 Å². The van der Waals surface area contributed by atoms with Crippen molar-refractivity contribution in [3.8, 4) is 0 Å². The molecule has 1 unspecified atom stereocenters. The Morgan fingerprint density at radius 2 is 1.70 bits per heavy atom. The Morgan fingerprint density at radius 1 is 1.20 bits per heavy atom. The van der Waals surface area contributed by atoms with Crippen molar-refractivity contribution in [2.75, 3.05) is 0 Å². The van der Waals surface area contributed by atoms with Gasteiger partial charge in [0.1, 0.15) is 0 Å². The van der Waals surface area contributed by atoms with Crippen LogP contribution in [-0.2, 0) is 11.1 Å². The van der Waals surface area contributed by atoms with Crippen LogP contribution in [0.4, 0.5) is 0 Å². The van der Waals surface area contributed by atoms with E-state index in [-0.39, 0.29) is 29.6 Å². The molecule has 0 spiro atoms. The SMILES string of the molecule is O=S(O)c1ccccc1.[Na+]. The molecular formula is C6H6NaO2S+. The van der Waals surface area contributed by atoms with Crippen LogP contribution < -0.4 is 29.6 Å². The van der Waals surface area contributed by atoms with Gasteiger partial charge in [-0.05, 0) is 12.1 Å². The van der Waals surface area contributed by atoms with Crippen molar-refractivity contribution in [1.82, 2.24) is 0 Å². The predicted octanol–water partition coefficient (Wildman–Crippen LogP) is -1.73. The third-order valence-corrected chi connectivity index (χ3v) is 1.62. The molecule has 1 atom stereocenters. The molecule has 0 heterocycles. The smallest absolute Gasteiger partial charge is 0.302 e. The number of rotatable bonds is 1. The van der Waals surface area contributed by atoms with E-state index >= 15 is 0 Å². The van der Waals surface area contributed by atoms with E-state index in [2.05, 4.69) is 0 Å². The predicted molar refractivity (Wildman–Crippen MR) is 35.5 cm³/mol. The molecule has 1 aromatic carbocycles. The first-order valence-electron chi connectivity index (χ1n) is 2.46. The van der Waals surface area contributed by atoms with Gasteiger partial charge in [-0.2, -0.15) is 0 Å². The van der Waals surface area contributed by atoms with E-state index in [1.54, 1.807) is 30.3 Å². The standard InChI is InChI=1S/C6H6O2S.Na/c7-9(8)6-4-2-1-3-5-6;/h1-5H,(H,7,8);/q;+1. The van der Waals surface area contributed by atoms with Crippen LogP contribution in [-0.4, -0.2) is 8.76 Å². The van der Waals surface area contributed by atoms with Gasteiger partial charge in [0.15, 0.2) is 11.1 Å². The van der Waals surface area contributed by atoms with Crippen LogP contribution in [0.25, 0.3) is 0 Å². The molecule has 0 aliphatic rings. The summed E-state index contributed by atoms with van der Waals surface area (Å²) in [6, 6.07) is 8.47. The molecule has 48 valence electrons. The van der Waals surface area contributed by atoms with Crippen molar-refractivity contribution in [2.24, 2.45) is 0 Å². The molecule has 10 heavy (non-hydrogen) atoms. The first kappa shape index (κ1) is 10.3. The Hall–Kier alpha value is 0.330. The van der Waals surface area contributed by atoms with E-state index in [0.29, 0.717) is 4.90 Å². The average Bonchev–Trinajstić information content (AvgIpc) is 1.90. The molecule has 0 bridgehead atoms. The van der Waals surface area contributed by atoms with Gasteiger partial charge >= 0.3 is 29.6 Å². The molecule has 0 aliphatic carbocycles. The number of hydrogen-bond donors (Lipinski definition) is 1. The summed E-state index contributed by atoms with van der Waals surface area (Å²) in [6.45, 7) is 0. The summed E-state index contributed by atoms with van der Waals surface area (Å²) in [6.07, 6.45) is 0. The zero-order chi connectivity index (χ0) is 6.69. The van der Waals surface area contributed by atoms with Gasteiger partial charge in [-0.15, -0.1) is 0 Å². The molecule has 0 fully saturated rings. The second-order valence-corrected chi connectivity index (χ2v) is 2.53. The Labute approximate surface area is 84.2 Å². The summed E-state index contributed by atoms with van der Waals surface area (Å²) in [5.41, 5.74) is 0. The second kappa shape index (κ2) is 5.04. The molecule has 0 amide bonds. The van der Waals surface area contributed by atoms with Crippen LogP contribution in [0.1, 0.15) is 0 Å². The molecular weight excluding hydrogens is 159 g/mol. The van der Waals surface area contributed by atoms with E-state index in [0.717, 1.165) is 0 Å². The summed E-state index contributed by atoms with van der Waals surface area (Å²) in [5, 5.41) is 0. The Bertz CT molecular complexity index is 212. The summed E-state index contributed by atoms with van der Waals surface area (Å²) < 4.78 is 18.8. The summed E-state index contributed by atoms with van der Waals surface area (Å²) in [7, 11) is 0. The number of benzene rings is 1. The molecule has 0 saturated heterocycles. The van der Waals surface area contributed by atoms with Gasteiger partial charge in [-0.3, -0.25) is 0 Å². The summed E-state index contributed by atoms with van der Waals surface area (Å²) in [5.74, 6) is 0. The van der Waals surface area contributed by atoms with Crippen LogP contribution in [0.15, 0.2) is 35.2 Å². The average molecular weight is 165 g/mol. The minimum atomic E-state index is -1.83. The monoisotopic (exact) mass is 165 g/mol. The quantitative estimate of drug-likeness (QED) is 0.396. The Morgan fingerprint density at radius 3 is 2.00 bits per heavy atom. The van der Waals surface area contributed by atoms with E-state index in [4.69, 9.17) is 4.55 Å². The third kappa shape index (κ3) is 2.94. The fourth-order valence-corrected chi connectivity index (χ4v) is 0.927. The van der Waals surface area contributed by atoms with E-state index in [1.165, 1.54) is 0 Å². The van der Waals surface area contributed by atoms with Crippen molar-refractivity contribution in [1.29, 1.82) is 0 Å². The van der Waals surface area contributed by atoms with Crippen LogP contribution in [0.3, 0.4) is 0 Å². The van der Waals surface area contributed by atoms with Gasteiger partial charge in [0, 0.05) is 0 Å². The van der Waals surface area contributed by atoms with Crippen molar-refractivity contribution in [2.45, 2.75) is 4.90 Å². The summed E-state index contributed by atoms with van der Waals surface area (Å²) in [4.78, 5) is 0.442. The largest absolute Gasteiger partial charge is 1.00 e. The topological polar surface area (TPSA) is 37.3 Å². The first-order valence-corrected chi connectivity index (χ1v) is 3.57. The first-order chi connectivity index (χ1) is 4.30. The van der Waals surface area contributed by atoms with E-state index < -0.39 is 11.1 Å². The van der Waals surface area contributed by atoms with Crippen molar-refractivity contribution < 1.29 is 38.3 Å². The van der Waals surface area contributed by atoms with E-state index in [9.17, 15) is 4.21 Å². The van der Waals surface area contributed by atoms with Crippen molar-refractivity contribution in [3.05, 3.63) is 30.3 Å². The van der Waals surface area contributed by atoms with Gasteiger partial charge in [-0.1, -0.05) is 18.2 Å². The molecule has 0 aromatic heterocycles. The van der Waals surface area contributed by atoms with Gasteiger partial charge in [0.2, 0.25) is 0 Å². The molecule has 0 saturated carbocycles. The van der Waals surface area contributed by atoms with Gasteiger partial charge in [0.05, 0.1) is 4.90 Å². The zero-order valence-electron chi connectivity index (χ0n) is 5.65. The minimum Gasteiger partial charge on any atom is -0.302 e. The van der Waals surface area contributed by atoms with Gasteiger partial charge < -0.3 is 4.55 Å². The maximum absolute atomic E-state index is 10.3. The molecule has 0 aliphatic heterocycles. The van der Waals surface area contributed by atoms with Crippen LogP contribution in [0.5, 0.6) is 0 Å². The fourth-order valence-electron chi connectivity index (χ4n) is 0.537. The normalized spacial score (nSPS) is 11.7. The Kier molecular flexibility index (Phi) is 5.21. The summed E-state index contributed by atoms with van der Waals surface area (Å²) >= 11 is -1.83. The molecule has 4 heteroatoms. The maximum Gasteiger partial charge on any atom is 1.00 e.